The van der Waals surface area contributed by atoms with Crippen LogP contribution in [0.15, 0.2) is 0 Å². The van der Waals surface area contributed by atoms with E-state index in [1.54, 1.807) is 41.5 Å². The van der Waals surface area contributed by atoms with Crippen molar-refractivity contribution >= 4 is 70.8 Å². The van der Waals surface area contributed by atoms with Crippen LogP contribution in [0.2, 0.25) is 0 Å². The van der Waals surface area contributed by atoms with Gasteiger partial charge in [0.2, 0.25) is 47.3 Å². The average Bonchev–Trinajstić information content (AvgIpc) is 3.87. The van der Waals surface area contributed by atoms with Gasteiger partial charge in [-0.15, -0.1) is 23.5 Å². The van der Waals surface area contributed by atoms with Gasteiger partial charge in [0.15, 0.2) is 0 Å². The molecule has 0 aromatic carbocycles. The van der Waals surface area contributed by atoms with Crippen LogP contribution < -0.4 is 31.9 Å². The zero-order valence-corrected chi connectivity index (χ0v) is 36.8. The minimum Gasteiger partial charge on any atom is -0.391 e. The van der Waals surface area contributed by atoms with Crippen LogP contribution in [0.4, 0.5) is 0 Å². The number of aliphatic hydroxyl groups is 2. The van der Waals surface area contributed by atoms with E-state index in [9.17, 15) is 48.6 Å². The summed E-state index contributed by atoms with van der Waals surface area (Å²) < 4.78 is 0. The number of thioether (sulfide) groups is 2. The summed E-state index contributed by atoms with van der Waals surface area (Å²) in [4.78, 5) is 114. The van der Waals surface area contributed by atoms with Gasteiger partial charge in [0.05, 0.1) is 24.0 Å². The molecule has 0 spiro atoms. The fourth-order valence-corrected chi connectivity index (χ4v) is 9.15. The Bertz CT molecular complexity index is 1420. The summed E-state index contributed by atoms with van der Waals surface area (Å²) in [6.07, 6.45) is -2.00. The molecule has 3 saturated heterocycles. The predicted octanol–water partition coefficient (Wildman–Crippen LogP) is -1.12. The summed E-state index contributed by atoms with van der Waals surface area (Å²) >= 11 is 2.60. The van der Waals surface area contributed by atoms with Gasteiger partial charge < -0.3 is 51.9 Å². The van der Waals surface area contributed by atoms with E-state index in [2.05, 4.69) is 31.9 Å². The predicted molar refractivity (Wildman–Crippen MR) is 219 cm³/mol. The summed E-state index contributed by atoms with van der Waals surface area (Å²) in [5, 5.41) is 37.5. The van der Waals surface area contributed by atoms with E-state index in [0.717, 1.165) is 0 Å². The van der Waals surface area contributed by atoms with E-state index in [-0.39, 0.29) is 23.3 Å². The van der Waals surface area contributed by atoms with Crippen molar-refractivity contribution in [2.24, 2.45) is 23.7 Å². The Labute approximate surface area is 349 Å². The highest BCUT2D eigenvalue weighted by Gasteiger charge is 2.45. The Hall–Kier alpha value is -3.62. The molecule has 3 heterocycles. The molecule has 3 fully saturated rings. The lowest BCUT2D eigenvalue weighted by atomic mass is 9.96. The van der Waals surface area contributed by atoms with Crippen molar-refractivity contribution in [1.29, 1.82) is 0 Å². The van der Waals surface area contributed by atoms with Gasteiger partial charge in [-0.3, -0.25) is 38.4 Å². The molecule has 0 aromatic heterocycles. The largest absolute Gasteiger partial charge is 0.391 e. The van der Waals surface area contributed by atoms with Crippen LogP contribution in [0, 0.1) is 23.7 Å². The van der Waals surface area contributed by atoms with Gasteiger partial charge in [0, 0.05) is 11.5 Å². The third-order valence-corrected chi connectivity index (χ3v) is 13.1. The molecule has 8 amide bonds. The number of hydrogen-bond acceptors (Lipinski definition) is 12. The van der Waals surface area contributed by atoms with Gasteiger partial charge in [0.1, 0.15) is 48.3 Å². The highest BCUT2D eigenvalue weighted by atomic mass is 32.2. The Morgan fingerprint density at radius 2 is 0.759 bits per heavy atom. The Balaban J connectivity index is 2.13. The Kier molecular flexibility index (Phi) is 18.1. The first-order chi connectivity index (χ1) is 27.2. The number of carbonyl (C=O) groups excluding carboxylic acids is 8. The van der Waals surface area contributed by atoms with Gasteiger partial charge in [-0.1, -0.05) is 68.2 Å². The van der Waals surface area contributed by atoms with Crippen molar-refractivity contribution in [3.63, 3.8) is 0 Å². The van der Waals surface area contributed by atoms with E-state index in [4.69, 9.17) is 0 Å². The van der Waals surface area contributed by atoms with Crippen molar-refractivity contribution in [3.8, 4) is 0 Å². The summed E-state index contributed by atoms with van der Waals surface area (Å²) in [5.74, 6) is -7.11. The molecular formula is C38H64N8O10S2. The van der Waals surface area contributed by atoms with E-state index < -0.39 is 131 Å². The normalized spacial score (nSPS) is 31.2. The molecule has 3 aliphatic heterocycles. The first kappa shape index (κ1) is 48.7. The topological polar surface area (TPSA) is 256 Å². The van der Waals surface area contributed by atoms with E-state index in [0.29, 0.717) is 12.8 Å². The van der Waals surface area contributed by atoms with Crippen molar-refractivity contribution in [3.05, 3.63) is 0 Å². The number of amides is 8. The summed E-state index contributed by atoms with van der Waals surface area (Å²) in [6.45, 7) is 16.4. The first-order valence-corrected chi connectivity index (χ1v) is 22.4. The Morgan fingerprint density at radius 3 is 1.03 bits per heavy atom. The van der Waals surface area contributed by atoms with E-state index >= 15 is 0 Å². The summed E-state index contributed by atoms with van der Waals surface area (Å²) in [5.41, 5.74) is 0. The van der Waals surface area contributed by atoms with Gasteiger partial charge in [0.25, 0.3) is 0 Å². The second-order valence-electron chi connectivity index (χ2n) is 16.3. The van der Waals surface area contributed by atoms with Gasteiger partial charge >= 0.3 is 0 Å². The maximum absolute atomic E-state index is 14.1. The number of aliphatic hydroxyl groups excluding tert-OH is 2. The molecule has 12 atom stereocenters. The molecule has 58 heavy (non-hydrogen) atoms. The summed E-state index contributed by atoms with van der Waals surface area (Å²) in [6, 6.07) is -9.95. The van der Waals surface area contributed by atoms with Crippen LogP contribution in [-0.4, -0.2) is 151 Å². The van der Waals surface area contributed by atoms with Crippen LogP contribution >= 0.6 is 23.5 Å². The molecule has 0 aromatic rings. The smallest absolute Gasteiger partial charge is 0.246 e. The zero-order chi connectivity index (χ0) is 43.8. The quantitative estimate of drug-likeness (QED) is 0.145. The van der Waals surface area contributed by atoms with Gasteiger partial charge in [-0.2, -0.15) is 0 Å². The molecule has 3 aliphatic rings. The van der Waals surface area contributed by atoms with Crippen LogP contribution in [0.3, 0.4) is 0 Å². The molecular weight excluding hydrogens is 793 g/mol. The van der Waals surface area contributed by atoms with Crippen LogP contribution in [0.25, 0.3) is 0 Å². The minimum atomic E-state index is -1.54. The first-order valence-electron chi connectivity index (χ1n) is 20.1. The van der Waals surface area contributed by atoms with Crippen molar-refractivity contribution in [2.45, 2.75) is 143 Å². The number of hydrogen-bond donors (Lipinski definition) is 8. The molecule has 0 aliphatic carbocycles. The molecule has 3 rings (SSSR count). The highest BCUT2D eigenvalue weighted by Crippen LogP contribution is 2.26. The second kappa shape index (κ2) is 21.6. The zero-order valence-electron chi connectivity index (χ0n) is 35.2. The Morgan fingerprint density at radius 1 is 0.483 bits per heavy atom. The lowest BCUT2D eigenvalue weighted by Crippen LogP contribution is -2.64. The number of nitrogens with zero attached hydrogens (tertiary/aromatic N) is 2. The second-order valence-corrected chi connectivity index (χ2v) is 18.3. The standard InChI is InChI=1S/C38H64N8O10S2/c1-11-19(7)27-33(51)43-29(21(9)47)35(53)39-26(18(5)6)38(56)46-16-58-14-24(46)32(50)42-28(20(8)12-2)34(52)44-30(22(10)48)36(54)40-25(17(3)4)37(55)45-15-57-13-23(45)31(49)41-27/h17-30,47-48H,11-16H2,1-10H3,(H,39,53)(H,40,54)(H,41,49)(H,42,50)(H,43,51)(H,44,52)/t19-,20-,21-,22-,23-,24-,25-,26+,27-,28-,29-,30-/m0/s1. The SMILES string of the molecule is CC[C@H](C)[C@@H]1NC(=O)[C@@H]2CSCN2C(=O)[C@H](C(C)C)NC(=O)[C@H]([C@H](C)O)NC(=O)[C@H]([C@@H](C)CC)NC(=O)[C@@H]2CSCN2C(=O)[C@@H](C(C)C)NC(=O)[C@H]([C@H](C)O)NC1=O. The molecule has 0 radical (unpaired) electrons. The van der Waals surface area contributed by atoms with E-state index in [1.165, 1.54) is 47.2 Å². The monoisotopic (exact) mass is 856 g/mol. The lowest BCUT2D eigenvalue weighted by molar-refractivity contribution is -0.145. The molecule has 0 bridgehead atoms. The highest BCUT2D eigenvalue weighted by molar-refractivity contribution is 7.99. The maximum atomic E-state index is 14.1. The number of rotatable bonds is 8. The third-order valence-electron chi connectivity index (χ3n) is 11.1. The average molecular weight is 857 g/mol. The molecule has 18 nitrogen and oxygen atoms in total. The van der Waals surface area contributed by atoms with E-state index in [1.807, 2.05) is 13.8 Å². The fourth-order valence-electron chi connectivity index (χ4n) is 6.82. The summed E-state index contributed by atoms with van der Waals surface area (Å²) in [7, 11) is 0. The molecule has 20 heteroatoms. The van der Waals surface area contributed by atoms with Crippen molar-refractivity contribution in [1.82, 2.24) is 41.7 Å². The maximum Gasteiger partial charge on any atom is 0.246 e. The molecule has 0 unspecified atom stereocenters. The number of carbonyl (C=O) groups is 8. The van der Waals surface area contributed by atoms with Crippen LogP contribution in [-0.2, 0) is 38.4 Å². The van der Waals surface area contributed by atoms with Crippen LogP contribution in [0.1, 0.15) is 82.1 Å². The van der Waals surface area contributed by atoms with Gasteiger partial charge in [-0.05, 0) is 37.5 Å². The molecule has 0 saturated carbocycles. The number of fused-ring (bicyclic) bond motifs is 2. The van der Waals surface area contributed by atoms with Crippen LogP contribution in [0.5, 0.6) is 0 Å². The molecule has 8 N–H and O–H groups in total. The minimum absolute atomic E-state index is 0.0972. The van der Waals surface area contributed by atoms with Crippen molar-refractivity contribution in [2.75, 3.05) is 23.3 Å². The third kappa shape index (κ3) is 11.8. The van der Waals surface area contributed by atoms with Crippen molar-refractivity contribution < 1.29 is 48.6 Å². The lowest BCUT2D eigenvalue weighted by Gasteiger charge is -2.34. The fraction of sp³-hybridized carbons (Fsp3) is 0.789. The number of nitrogens with one attached hydrogen (secondary N) is 6. The van der Waals surface area contributed by atoms with Gasteiger partial charge in [-0.25, -0.2) is 0 Å². The molecule has 328 valence electrons.